The molecule has 1 N–H and O–H groups in total. The van der Waals surface area contributed by atoms with Gasteiger partial charge in [0.1, 0.15) is 18.2 Å². The van der Waals surface area contributed by atoms with Gasteiger partial charge in [0.2, 0.25) is 0 Å². The number of ether oxygens (including phenoxy) is 1. The highest BCUT2D eigenvalue weighted by Gasteiger charge is 2.18. The van der Waals surface area contributed by atoms with Crippen LogP contribution < -0.4 is 4.74 Å². The van der Waals surface area contributed by atoms with Crippen molar-refractivity contribution in [1.29, 1.82) is 0 Å². The maximum atomic E-state index is 13.1. The van der Waals surface area contributed by atoms with Crippen LogP contribution in [0.4, 0.5) is 4.39 Å². The van der Waals surface area contributed by atoms with Crippen LogP contribution >= 0.6 is 0 Å². The van der Waals surface area contributed by atoms with Gasteiger partial charge in [-0.15, -0.1) is 0 Å². The lowest BCUT2D eigenvalue weighted by molar-refractivity contribution is 0.180. The molecule has 2 nitrogen and oxygen atoms in total. The predicted octanol–water partition coefficient (Wildman–Crippen LogP) is 2.35. The van der Waals surface area contributed by atoms with Crippen molar-refractivity contribution >= 4 is 0 Å². The van der Waals surface area contributed by atoms with Crippen molar-refractivity contribution < 1.29 is 14.2 Å². The second-order valence-corrected chi connectivity index (χ2v) is 4.21. The highest BCUT2D eigenvalue weighted by atomic mass is 19.1. The third kappa shape index (κ3) is 3.21. The molecule has 0 aromatic heterocycles. The average molecular weight is 234 g/mol. The van der Waals surface area contributed by atoms with Crippen LogP contribution in [0.1, 0.15) is 24.8 Å². The van der Waals surface area contributed by atoms with Crippen molar-refractivity contribution in [2.45, 2.75) is 19.3 Å². The van der Waals surface area contributed by atoms with Crippen molar-refractivity contribution in [1.82, 2.24) is 0 Å². The molecule has 3 heteroatoms. The molecular weight excluding hydrogens is 219 g/mol. The molecule has 1 fully saturated rings. The molecule has 0 atom stereocenters. The molecule has 0 heterocycles. The Hall–Kier alpha value is -1.53. The lowest BCUT2D eigenvalue weighted by Gasteiger charge is -2.25. The van der Waals surface area contributed by atoms with Gasteiger partial charge in [-0.05, 0) is 37.0 Å². The first-order valence-electron chi connectivity index (χ1n) is 5.81. The maximum Gasteiger partial charge on any atom is 0.135 e. The van der Waals surface area contributed by atoms with Gasteiger partial charge >= 0.3 is 0 Å². The zero-order valence-corrected chi connectivity index (χ0v) is 9.58. The van der Waals surface area contributed by atoms with Gasteiger partial charge in [-0.2, -0.15) is 0 Å². The Kier molecular flexibility index (Phi) is 4.00. The number of hydrogen-bond donors (Lipinski definition) is 1. The van der Waals surface area contributed by atoms with Gasteiger partial charge in [-0.1, -0.05) is 18.3 Å². The fourth-order valence-electron chi connectivity index (χ4n) is 1.73. The topological polar surface area (TPSA) is 29.5 Å². The lowest BCUT2D eigenvalue weighted by Crippen LogP contribution is -2.19. The Balaban J connectivity index is 2.07. The minimum Gasteiger partial charge on any atom is -0.492 e. The van der Waals surface area contributed by atoms with E-state index in [9.17, 15) is 4.39 Å². The molecule has 0 saturated heterocycles. The van der Waals surface area contributed by atoms with Gasteiger partial charge in [0.25, 0.3) is 0 Å². The van der Waals surface area contributed by atoms with Crippen LogP contribution in [0.3, 0.4) is 0 Å². The van der Waals surface area contributed by atoms with Crippen LogP contribution in [0.5, 0.6) is 5.75 Å². The van der Waals surface area contributed by atoms with Crippen LogP contribution in [0.25, 0.3) is 0 Å². The van der Waals surface area contributed by atoms with E-state index in [1.54, 1.807) is 6.07 Å². The standard InChI is InChI=1S/C14H15FO2/c15-13-6-7-14(12(9-13)5-2-8-16)17-10-11-3-1-4-11/h6-7,9,11,16H,1,3-4,8,10H2. The highest BCUT2D eigenvalue weighted by Crippen LogP contribution is 2.28. The Morgan fingerprint density at radius 1 is 1.41 bits per heavy atom. The van der Waals surface area contributed by atoms with Crippen LogP contribution in [0.15, 0.2) is 18.2 Å². The van der Waals surface area contributed by atoms with Gasteiger partial charge < -0.3 is 9.84 Å². The highest BCUT2D eigenvalue weighted by molar-refractivity contribution is 5.46. The molecule has 17 heavy (non-hydrogen) atoms. The predicted molar refractivity (Wildman–Crippen MR) is 63.2 cm³/mol. The largest absolute Gasteiger partial charge is 0.492 e. The smallest absolute Gasteiger partial charge is 0.135 e. The van der Waals surface area contributed by atoms with Crippen molar-refractivity contribution in [3.63, 3.8) is 0 Å². The van der Waals surface area contributed by atoms with Gasteiger partial charge in [0.15, 0.2) is 0 Å². The van der Waals surface area contributed by atoms with E-state index in [2.05, 4.69) is 11.8 Å². The normalized spacial score (nSPS) is 14.7. The molecule has 90 valence electrons. The lowest BCUT2D eigenvalue weighted by atomic mass is 9.86. The summed E-state index contributed by atoms with van der Waals surface area (Å²) in [6, 6.07) is 4.29. The number of benzene rings is 1. The third-order valence-electron chi connectivity index (χ3n) is 2.94. The summed E-state index contributed by atoms with van der Waals surface area (Å²) in [6.07, 6.45) is 3.69. The number of aliphatic hydroxyl groups excluding tert-OH is 1. The fourth-order valence-corrected chi connectivity index (χ4v) is 1.73. The van der Waals surface area contributed by atoms with Crippen LogP contribution in [-0.4, -0.2) is 18.3 Å². The summed E-state index contributed by atoms with van der Waals surface area (Å²) in [5, 5.41) is 8.64. The molecule has 1 saturated carbocycles. The van der Waals surface area contributed by atoms with E-state index >= 15 is 0 Å². The molecule has 2 rings (SSSR count). The summed E-state index contributed by atoms with van der Waals surface area (Å²) in [4.78, 5) is 0. The van der Waals surface area contributed by atoms with Gasteiger partial charge in [-0.3, -0.25) is 0 Å². The van der Waals surface area contributed by atoms with E-state index < -0.39 is 0 Å². The van der Waals surface area contributed by atoms with Gasteiger partial charge in [-0.25, -0.2) is 4.39 Å². The van der Waals surface area contributed by atoms with Crippen molar-refractivity contribution in [2.75, 3.05) is 13.2 Å². The number of aliphatic hydroxyl groups is 1. The molecule has 1 aromatic carbocycles. The first-order valence-corrected chi connectivity index (χ1v) is 5.81. The Bertz CT molecular complexity index is 441. The van der Waals surface area contributed by atoms with Crippen LogP contribution in [0, 0.1) is 23.6 Å². The zero-order chi connectivity index (χ0) is 12.1. The van der Waals surface area contributed by atoms with Crippen molar-refractivity contribution in [2.24, 2.45) is 5.92 Å². The fraction of sp³-hybridized carbons (Fsp3) is 0.429. The van der Waals surface area contributed by atoms with E-state index in [-0.39, 0.29) is 12.4 Å². The molecule has 1 aliphatic rings. The second kappa shape index (κ2) is 5.70. The van der Waals surface area contributed by atoms with E-state index in [1.807, 2.05) is 0 Å². The number of hydrogen-bond acceptors (Lipinski definition) is 2. The van der Waals surface area contributed by atoms with Crippen molar-refractivity contribution in [3.05, 3.63) is 29.6 Å². The third-order valence-corrected chi connectivity index (χ3v) is 2.94. The minimum absolute atomic E-state index is 0.238. The first kappa shape index (κ1) is 11.9. The Morgan fingerprint density at radius 3 is 2.88 bits per heavy atom. The average Bonchev–Trinajstić information content (AvgIpc) is 2.26. The maximum absolute atomic E-state index is 13.1. The van der Waals surface area contributed by atoms with E-state index in [1.165, 1.54) is 31.4 Å². The summed E-state index contributed by atoms with van der Waals surface area (Å²) in [6.45, 7) is 0.429. The van der Waals surface area contributed by atoms with E-state index in [0.717, 1.165) is 0 Å². The second-order valence-electron chi connectivity index (χ2n) is 4.21. The molecule has 0 amide bonds. The molecule has 0 aliphatic heterocycles. The Labute approximate surface area is 100 Å². The summed E-state index contributed by atoms with van der Waals surface area (Å²) in [5.74, 6) is 6.08. The molecule has 1 aliphatic carbocycles. The minimum atomic E-state index is -0.344. The molecule has 0 unspecified atom stereocenters. The Morgan fingerprint density at radius 2 is 2.24 bits per heavy atom. The first-order chi connectivity index (χ1) is 8.29. The van der Waals surface area contributed by atoms with Gasteiger partial charge in [0, 0.05) is 0 Å². The monoisotopic (exact) mass is 234 g/mol. The molecule has 0 bridgehead atoms. The van der Waals surface area contributed by atoms with Crippen molar-refractivity contribution in [3.8, 4) is 17.6 Å². The van der Waals surface area contributed by atoms with Crippen LogP contribution in [0.2, 0.25) is 0 Å². The molecular formula is C14H15FO2. The molecule has 1 aromatic rings. The summed E-state index contributed by atoms with van der Waals surface area (Å²) in [7, 11) is 0. The SMILES string of the molecule is OCC#Cc1cc(F)ccc1OCC1CCC1. The van der Waals surface area contributed by atoms with Crippen LogP contribution in [-0.2, 0) is 0 Å². The number of halogens is 1. The van der Waals surface area contributed by atoms with E-state index in [0.29, 0.717) is 23.8 Å². The van der Waals surface area contributed by atoms with E-state index in [4.69, 9.17) is 9.84 Å². The summed E-state index contributed by atoms with van der Waals surface area (Å²) < 4.78 is 18.7. The number of rotatable bonds is 3. The quantitative estimate of drug-likeness (QED) is 0.813. The zero-order valence-electron chi connectivity index (χ0n) is 9.58. The summed E-state index contributed by atoms with van der Waals surface area (Å²) >= 11 is 0. The van der Waals surface area contributed by atoms with Gasteiger partial charge in [0.05, 0.1) is 12.2 Å². The molecule has 0 radical (unpaired) electrons. The molecule has 0 spiro atoms. The summed E-state index contributed by atoms with van der Waals surface area (Å²) in [5.41, 5.74) is 0.498.